The number of carbonyl (C=O) groups is 2. The van der Waals surface area contributed by atoms with Crippen LogP contribution in [0.5, 0.6) is 0 Å². The van der Waals surface area contributed by atoms with Crippen LogP contribution in [0.3, 0.4) is 0 Å². The molecule has 1 amide bonds. The maximum atomic E-state index is 12.4. The summed E-state index contributed by atoms with van der Waals surface area (Å²) < 4.78 is 4.85. The molecule has 1 atom stereocenters. The number of hydrogen-bond acceptors (Lipinski definition) is 4. The molecule has 5 heteroatoms. The van der Waals surface area contributed by atoms with Crippen molar-refractivity contribution in [1.82, 2.24) is 10.3 Å². The molecule has 1 heterocycles. The average Bonchev–Trinajstić information content (AvgIpc) is 2.74. The van der Waals surface area contributed by atoms with E-state index in [1.807, 2.05) is 54.6 Å². The van der Waals surface area contributed by atoms with Gasteiger partial charge in [0.15, 0.2) is 0 Å². The minimum atomic E-state index is -0.766. The van der Waals surface area contributed by atoms with Gasteiger partial charge >= 0.3 is 5.97 Å². The van der Waals surface area contributed by atoms with Crippen molar-refractivity contribution in [1.29, 1.82) is 0 Å². The zero-order chi connectivity index (χ0) is 19.1. The van der Waals surface area contributed by atoms with Gasteiger partial charge in [-0.1, -0.05) is 54.6 Å². The van der Waals surface area contributed by atoms with Crippen LogP contribution in [0.25, 0.3) is 11.1 Å². The summed E-state index contributed by atoms with van der Waals surface area (Å²) in [6, 6.07) is 20.4. The lowest BCUT2D eigenvalue weighted by atomic mass is 10.0. The van der Waals surface area contributed by atoms with Gasteiger partial charge in [0.05, 0.1) is 7.11 Å². The first kappa shape index (κ1) is 18.3. The molecule has 136 valence electrons. The Kier molecular flexibility index (Phi) is 5.94. The largest absolute Gasteiger partial charge is 0.467 e. The van der Waals surface area contributed by atoms with Crippen LogP contribution in [0.15, 0.2) is 79.1 Å². The molecule has 3 rings (SSSR count). The van der Waals surface area contributed by atoms with Crippen LogP contribution >= 0.6 is 0 Å². The Morgan fingerprint density at radius 1 is 0.926 bits per heavy atom. The van der Waals surface area contributed by atoms with Gasteiger partial charge < -0.3 is 10.1 Å². The van der Waals surface area contributed by atoms with Crippen LogP contribution in [0.2, 0.25) is 0 Å². The van der Waals surface area contributed by atoms with Gasteiger partial charge in [-0.15, -0.1) is 0 Å². The number of benzene rings is 2. The zero-order valence-corrected chi connectivity index (χ0v) is 15.0. The molecule has 3 aromatic rings. The standard InChI is InChI=1S/C22H20N2O3/c1-27-22(26)20(24-21(25)19-11-13-23-14-12-19)15-16-7-9-18(10-8-16)17-5-3-2-4-6-17/h2-14,20H,15H2,1H3,(H,24,25)/t20-/m1/s1. The van der Waals surface area contributed by atoms with Gasteiger partial charge in [0.25, 0.3) is 5.91 Å². The first-order chi connectivity index (χ1) is 13.2. The van der Waals surface area contributed by atoms with Gasteiger partial charge in [0.2, 0.25) is 0 Å². The fourth-order valence-corrected chi connectivity index (χ4v) is 2.78. The Hall–Kier alpha value is -3.47. The van der Waals surface area contributed by atoms with E-state index in [4.69, 9.17) is 4.74 Å². The third kappa shape index (κ3) is 4.79. The predicted octanol–water partition coefficient (Wildman–Crippen LogP) is 3.26. The highest BCUT2D eigenvalue weighted by atomic mass is 16.5. The molecular weight excluding hydrogens is 340 g/mol. The number of pyridine rings is 1. The van der Waals surface area contributed by atoms with Crippen molar-refractivity contribution in [2.75, 3.05) is 7.11 Å². The summed E-state index contributed by atoms with van der Waals surface area (Å²) in [6.07, 6.45) is 3.41. The van der Waals surface area contributed by atoms with E-state index in [-0.39, 0.29) is 5.91 Å². The summed E-state index contributed by atoms with van der Waals surface area (Å²) in [6.45, 7) is 0. The number of nitrogens with one attached hydrogen (secondary N) is 1. The van der Waals surface area contributed by atoms with Crippen molar-refractivity contribution < 1.29 is 14.3 Å². The monoisotopic (exact) mass is 360 g/mol. The maximum Gasteiger partial charge on any atom is 0.328 e. The number of nitrogens with zero attached hydrogens (tertiary/aromatic N) is 1. The number of aromatic nitrogens is 1. The minimum Gasteiger partial charge on any atom is -0.467 e. The van der Waals surface area contributed by atoms with Gasteiger partial charge in [0, 0.05) is 24.4 Å². The summed E-state index contributed by atoms with van der Waals surface area (Å²) in [5.74, 6) is -0.821. The van der Waals surface area contributed by atoms with Gasteiger partial charge in [-0.3, -0.25) is 9.78 Å². The molecule has 0 radical (unpaired) electrons. The second kappa shape index (κ2) is 8.76. The molecule has 2 aromatic carbocycles. The Morgan fingerprint density at radius 3 is 2.19 bits per heavy atom. The molecule has 0 aliphatic heterocycles. The van der Waals surface area contributed by atoms with Crippen LogP contribution in [0.4, 0.5) is 0 Å². The predicted molar refractivity (Wildman–Crippen MR) is 103 cm³/mol. The minimum absolute atomic E-state index is 0.339. The smallest absolute Gasteiger partial charge is 0.328 e. The average molecular weight is 360 g/mol. The lowest BCUT2D eigenvalue weighted by Crippen LogP contribution is -2.43. The molecule has 0 saturated heterocycles. The Bertz CT molecular complexity index is 894. The normalized spacial score (nSPS) is 11.4. The number of hydrogen-bond donors (Lipinski definition) is 1. The first-order valence-corrected chi connectivity index (χ1v) is 8.60. The van der Waals surface area contributed by atoms with E-state index >= 15 is 0 Å². The van der Waals surface area contributed by atoms with E-state index in [1.54, 1.807) is 12.1 Å². The lowest BCUT2D eigenvalue weighted by molar-refractivity contribution is -0.142. The molecule has 0 fully saturated rings. The van der Waals surface area contributed by atoms with Crippen molar-refractivity contribution >= 4 is 11.9 Å². The lowest BCUT2D eigenvalue weighted by Gasteiger charge is -2.17. The van der Waals surface area contributed by atoms with Gasteiger partial charge in [0.1, 0.15) is 6.04 Å². The maximum absolute atomic E-state index is 12.4. The van der Waals surface area contributed by atoms with Gasteiger partial charge in [-0.25, -0.2) is 4.79 Å². The number of ether oxygens (including phenoxy) is 1. The van der Waals surface area contributed by atoms with Crippen molar-refractivity contribution in [3.05, 3.63) is 90.3 Å². The fourth-order valence-electron chi connectivity index (χ4n) is 2.78. The number of carbonyl (C=O) groups excluding carboxylic acids is 2. The third-order valence-corrected chi connectivity index (χ3v) is 4.23. The molecule has 0 saturated carbocycles. The first-order valence-electron chi connectivity index (χ1n) is 8.60. The summed E-state index contributed by atoms with van der Waals surface area (Å²) >= 11 is 0. The van der Waals surface area contributed by atoms with Crippen LogP contribution in [-0.4, -0.2) is 30.0 Å². The molecule has 0 bridgehead atoms. The van der Waals surface area contributed by atoms with Crippen LogP contribution in [0.1, 0.15) is 15.9 Å². The molecular formula is C22H20N2O3. The topological polar surface area (TPSA) is 68.3 Å². The number of esters is 1. The Labute approximate surface area is 158 Å². The Balaban J connectivity index is 1.73. The number of rotatable bonds is 6. The summed E-state index contributed by atoms with van der Waals surface area (Å²) in [4.78, 5) is 28.4. The molecule has 0 spiro atoms. The molecule has 0 aliphatic carbocycles. The number of methoxy groups -OCH3 is 1. The van der Waals surface area contributed by atoms with Crippen LogP contribution in [-0.2, 0) is 16.0 Å². The molecule has 5 nitrogen and oxygen atoms in total. The molecule has 0 aliphatic rings. The molecule has 27 heavy (non-hydrogen) atoms. The van der Waals surface area contributed by atoms with E-state index in [9.17, 15) is 9.59 Å². The third-order valence-electron chi connectivity index (χ3n) is 4.23. The highest BCUT2D eigenvalue weighted by Crippen LogP contribution is 2.20. The van der Waals surface area contributed by atoms with E-state index in [1.165, 1.54) is 19.5 Å². The van der Waals surface area contributed by atoms with Crippen molar-refractivity contribution in [3.8, 4) is 11.1 Å². The van der Waals surface area contributed by atoms with E-state index < -0.39 is 12.0 Å². The summed E-state index contributed by atoms with van der Waals surface area (Å²) in [7, 11) is 1.31. The van der Waals surface area contributed by atoms with E-state index in [0.717, 1.165) is 16.7 Å². The van der Waals surface area contributed by atoms with Gasteiger partial charge in [-0.2, -0.15) is 0 Å². The SMILES string of the molecule is COC(=O)[C@@H](Cc1ccc(-c2ccccc2)cc1)NC(=O)c1ccncc1. The second-order valence-electron chi connectivity index (χ2n) is 6.05. The van der Waals surface area contributed by atoms with Crippen molar-refractivity contribution in [2.45, 2.75) is 12.5 Å². The van der Waals surface area contributed by atoms with Crippen LogP contribution in [0, 0.1) is 0 Å². The van der Waals surface area contributed by atoms with E-state index in [2.05, 4.69) is 10.3 Å². The van der Waals surface area contributed by atoms with Gasteiger partial charge in [-0.05, 0) is 28.8 Å². The second-order valence-corrected chi connectivity index (χ2v) is 6.05. The zero-order valence-electron chi connectivity index (χ0n) is 15.0. The van der Waals surface area contributed by atoms with Crippen LogP contribution < -0.4 is 5.32 Å². The quantitative estimate of drug-likeness (QED) is 0.685. The molecule has 0 unspecified atom stereocenters. The number of amides is 1. The summed E-state index contributed by atoms with van der Waals surface area (Å²) in [5, 5.41) is 2.74. The van der Waals surface area contributed by atoms with E-state index in [0.29, 0.717) is 12.0 Å². The molecule has 1 N–H and O–H groups in total. The molecule has 1 aromatic heterocycles. The highest BCUT2D eigenvalue weighted by molar-refractivity contribution is 5.96. The van der Waals surface area contributed by atoms with Crippen molar-refractivity contribution in [2.24, 2.45) is 0 Å². The highest BCUT2D eigenvalue weighted by Gasteiger charge is 2.22. The Morgan fingerprint density at radius 2 is 1.56 bits per heavy atom. The van der Waals surface area contributed by atoms with Crippen molar-refractivity contribution in [3.63, 3.8) is 0 Å². The fraction of sp³-hybridized carbons (Fsp3) is 0.136. The summed E-state index contributed by atoms with van der Waals surface area (Å²) in [5.41, 5.74) is 3.59.